The molecule has 8 aliphatic rings. The summed E-state index contributed by atoms with van der Waals surface area (Å²) in [6, 6.07) is 4.41. The van der Waals surface area contributed by atoms with Crippen LogP contribution in [-0.2, 0) is 59.0 Å². The summed E-state index contributed by atoms with van der Waals surface area (Å²) in [4.78, 5) is 136. The summed E-state index contributed by atoms with van der Waals surface area (Å²) < 4.78 is 44.0. The van der Waals surface area contributed by atoms with Gasteiger partial charge in [-0.1, -0.05) is 106 Å². The van der Waals surface area contributed by atoms with Crippen LogP contribution in [0, 0.1) is 5.92 Å². The van der Waals surface area contributed by atoms with Gasteiger partial charge in [0, 0.05) is 47.2 Å². The van der Waals surface area contributed by atoms with Crippen LogP contribution < -0.4 is 66.2 Å². The van der Waals surface area contributed by atoms with Crippen molar-refractivity contribution in [1.29, 1.82) is 0 Å². The number of amides is 7. The summed E-state index contributed by atoms with van der Waals surface area (Å²) in [6.07, 6.45) is -16.3. The van der Waals surface area contributed by atoms with Gasteiger partial charge in [-0.2, -0.15) is 0 Å². The molecule has 648 valence electrons. The van der Waals surface area contributed by atoms with Gasteiger partial charge in [0.2, 0.25) is 59.7 Å². The fourth-order valence-electron chi connectivity index (χ4n) is 15.2. The Morgan fingerprint density at radius 2 is 1.17 bits per heavy atom. The van der Waals surface area contributed by atoms with E-state index < -0.39 is 271 Å². The summed E-state index contributed by atoms with van der Waals surface area (Å²) in [5, 5.41) is 167. The molecule has 15 rings (SSSR count). The third-order valence-corrected chi connectivity index (χ3v) is 22.3. The summed E-state index contributed by atoms with van der Waals surface area (Å²) >= 11 is 14.2. The minimum Gasteiger partial charge on any atom is -0.508 e. The van der Waals surface area contributed by atoms with Gasteiger partial charge >= 0.3 is 11.9 Å². The van der Waals surface area contributed by atoms with Gasteiger partial charge in [0.1, 0.15) is 125 Å². The van der Waals surface area contributed by atoms with E-state index in [1.165, 1.54) is 49.5 Å². The highest BCUT2D eigenvalue weighted by molar-refractivity contribution is 6.33. The van der Waals surface area contributed by atoms with E-state index in [0.29, 0.717) is 18.8 Å². The lowest BCUT2D eigenvalue weighted by Gasteiger charge is -2.41. The molecule has 0 radical (unpaired) electrons. The normalized spacial score (nSPS) is 26.5. The molecule has 0 saturated carbocycles. The summed E-state index contributed by atoms with van der Waals surface area (Å²) in [6.45, 7) is 3.26. The molecule has 17 bridgehead atoms. The van der Waals surface area contributed by atoms with Gasteiger partial charge in [-0.05, 0) is 120 Å². The molecule has 18 atom stereocenters. The predicted octanol–water partition coefficient (Wildman–Crippen LogP) is 4.18. The van der Waals surface area contributed by atoms with Gasteiger partial charge in [0.15, 0.2) is 35.1 Å². The number of nitrogens with one attached hydrogen (secondary N) is 8. The number of aliphatic hydroxyl groups excluding tert-OH is 7. The Bertz CT molecular complexity index is 5200. The number of carboxylic acid groups (broad SMARTS) is 2. The van der Waals surface area contributed by atoms with E-state index >= 15 is 24.0 Å². The molecule has 122 heavy (non-hydrogen) atoms. The highest BCUT2D eigenvalue weighted by Crippen LogP contribution is 2.50. The lowest BCUT2D eigenvalue weighted by atomic mass is 9.89. The minimum atomic E-state index is -2.47. The van der Waals surface area contributed by atoms with E-state index in [4.69, 9.17) is 56.4 Å². The van der Waals surface area contributed by atoms with Crippen LogP contribution in [0.5, 0.6) is 69.0 Å². The largest absolute Gasteiger partial charge is 0.508 e. The van der Waals surface area contributed by atoms with E-state index in [-0.39, 0.29) is 40.4 Å². The lowest BCUT2D eigenvalue weighted by molar-refractivity contribution is -0.277. The first-order chi connectivity index (χ1) is 58.2. The van der Waals surface area contributed by atoms with Crippen molar-refractivity contribution in [2.75, 3.05) is 13.7 Å². The molecule has 39 heteroatoms. The number of carbonyl (C=O) groups is 9. The van der Waals surface area contributed by atoms with Crippen molar-refractivity contribution in [3.63, 3.8) is 0 Å². The van der Waals surface area contributed by atoms with Crippen LogP contribution in [-0.4, -0.2) is 207 Å². The molecule has 0 aliphatic carbocycles. The van der Waals surface area contributed by atoms with E-state index in [9.17, 15) is 85.6 Å². The maximum absolute atomic E-state index is 16.7. The number of fused-ring (bicyclic) bond motifs is 14. The van der Waals surface area contributed by atoms with Gasteiger partial charge < -0.3 is 142 Å². The maximum atomic E-state index is 16.7. The standard InChI is InChI=1S/C83H88Cl2N8O29/c1-33(2)10-8-6-4-5-7-9-11-56(99)88-65-68(102)70(104)73(81(114)115)122-82(65)121-72-53-26-38-27-54(72)118-50-21-16-37(24-45(50)84)66(100)64-79(111)92-63(80(112)113)43-28-39(95)29-52(119-83-71(105)69(103)67(101)55(32-94)120-83)57(43)42-23-35(14-19-47(42)96)60(76(108)93-64)89-77(109)61(38)90-78(110)62-44-30-41(31-49(98)58(44)85)117-51-25-36(15-20-48(51)97)59(86-3)75(107)87-46(74(106)91-62)22-34-12-17-40(116-53)18-13-34/h12-21,23-31,33,46,55,59-71,73,82-83,86,94-98,100-105H,4-11,22,32H2,1-3H3,(H,87,107)(H,88,99)(H,89,109)(H,90,110)(H,91,106)(H,92,111)(H,93,108)(H,112,113)(H,114,115)/t46-,55-,59-,60-,61-,62+,63?,64+,65-,66-,67-,68-,69+,70+,71+,73+,82-,83+/m0/s1. The number of aliphatic hydroxyl groups is 7. The van der Waals surface area contributed by atoms with Crippen LogP contribution in [0.1, 0.15) is 140 Å². The van der Waals surface area contributed by atoms with E-state index in [1.54, 1.807) is 0 Å². The van der Waals surface area contributed by atoms with Crippen molar-refractivity contribution < 1.29 is 143 Å². The van der Waals surface area contributed by atoms with Crippen LogP contribution in [0.15, 0.2) is 115 Å². The predicted molar refractivity (Wildman–Crippen MR) is 424 cm³/mol. The fraction of sp³-hybridized carbons (Fsp3) is 0.386. The molecule has 1 unspecified atom stereocenters. The topological polar surface area (TPSA) is 577 Å². The molecule has 7 aromatic carbocycles. The number of aromatic hydroxyl groups is 4. The number of aliphatic carboxylic acids is 2. The van der Waals surface area contributed by atoms with E-state index in [1.807, 2.05) is 0 Å². The van der Waals surface area contributed by atoms with Crippen molar-refractivity contribution in [1.82, 2.24) is 42.5 Å². The first kappa shape index (κ1) is 88.0. The molecular formula is C83H88Cl2N8O29. The van der Waals surface area contributed by atoms with Gasteiger partial charge in [0.05, 0.1) is 16.7 Å². The maximum Gasteiger partial charge on any atom is 0.335 e. The third-order valence-electron chi connectivity index (χ3n) is 21.6. The number of carboxylic acids is 2. The van der Waals surface area contributed by atoms with Crippen LogP contribution in [0.3, 0.4) is 0 Å². The van der Waals surface area contributed by atoms with Gasteiger partial charge in [-0.15, -0.1) is 0 Å². The quantitative estimate of drug-likeness (QED) is 0.0536. The van der Waals surface area contributed by atoms with Gasteiger partial charge in [0.25, 0.3) is 0 Å². The molecular weight excluding hydrogens is 1640 g/mol. The van der Waals surface area contributed by atoms with Crippen LogP contribution >= 0.6 is 23.2 Å². The second-order valence-corrected chi connectivity index (χ2v) is 31.4. The number of rotatable bonds is 18. The molecule has 8 aliphatic heterocycles. The highest BCUT2D eigenvalue weighted by Gasteiger charge is 2.52. The number of likely N-dealkylation sites (N-methyl/N-ethyl adjacent to an activating group) is 1. The van der Waals surface area contributed by atoms with Crippen LogP contribution in [0.2, 0.25) is 10.0 Å². The first-order valence-corrected chi connectivity index (χ1v) is 39.7. The van der Waals surface area contributed by atoms with Gasteiger partial charge in [-0.3, -0.25) is 33.6 Å². The molecule has 7 aromatic rings. The van der Waals surface area contributed by atoms with E-state index in [0.717, 1.165) is 105 Å². The zero-order valence-electron chi connectivity index (χ0n) is 65.1. The highest BCUT2D eigenvalue weighted by atomic mass is 35.5. The Kier molecular flexibility index (Phi) is 26.8. The van der Waals surface area contributed by atoms with E-state index in [2.05, 4.69) is 56.4 Å². The number of halogens is 2. The molecule has 0 spiro atoms. The number of carbonyl (C=O) groups excluding carboxylic acids is 7. The zero-order chi connectivity index (χ0) is 87.6. The molecule has 0 aromatic heterocycles. The number of benzene rings is 7. The Labute approximate surface area is 703 Å². The van der Waals surface area contributed by atoms with Crippen molar-refractivity contribution in [3.8, 4) is 80.1 Å². The summed E-state index contributed by atoms with van der Waals surface area (Å²) in [5.74, 6) is -19.0. The van der Waals surface area contributed by atoms with Crippen molar-refractivity contribution in [2.45, 2.75) is 181 Å². The third kappa shape index (κ3) is 18.9. The van der Waals surface area contributed by atoms with Crippen LogP contribution in [0.25, 0.3) is 11.1 Å². The van der Waals surface area contributed by atoms with Crippen LogP contribution in [0.4, 0.5) is 0 Å². The Balaban J connectivity index is 1.04. The number of phenols is 4. The summed E-state index contributed by atoms with van der Waals surface area (Å²) in [5.41, 5.74) is -3.29. The number of hydrogen-bond acceptors (Lipinski definition) is 28. The number of unbranched alkanes of at least 4 members (excludes halogenated alkanes) is 5. The zero-order valence-corrected chi connectivity index (χ0v) is 66.6. The molecule has 21 N–H and O–H groups in total. The molecule has 7 amide bonds. The Morgan fingerprint density at radius 1 is 0.533 bits per heavy atom. The Hall–Kier alpha value is -11.9. The second kappa shape index (κ2) is 37.2. The van der Waals surface area contributed by atoms with Gasteiger partial charge in [-0.25, -0.2) is 9.59 Å². The average molecular weight is 1730 g/mol. The monoisotopic (exact) mass is 1730 g/mol. The Morgan fingerprint density at radius 3 is 1.86 bits per heavy atom. The number of ether oxygens (including phenoxy) is 7. The SMILES string of the molecule is CN[C@@H]1C(=O)N[C@H]2Cc3ccc(cc3)Oc3cc4cc(c3O[C@H]3O[C@@H](C(=O)O)[C@H](O)[C@@H](O)[C@@H]3NC(=O)CCCCCCCCC(C)C)Oc3ccc(cc3Cl)[C@H](O)[C@H]3NC(=O)[C@@H](NC(=O)[C@H]4NC(=O)[C@H](NC2=O)c2cc(cc(O)c2Cl)Oc2cc1ccc2O)c1ccc(O)c(c1)-c1c(O[C@@H]2O[C@@H](CO)[C@H](O)[C@@H](O)[C@H]2O)cc(O)cc1C(C(=O)O)NC3=O. The lowest BCUT2D eigenvalue weighted by Crippen LogP contribution is -2.66. The number of hydrogen-bond donors (Lipinski definition) is 21. The molecule has 2 fully saturated rings. The molecule has 2 saturated heterocycles. The minimum absolute atomic E-state index is 0.153. The second-order valence-electron chi connectivity index (χ2n) is 30.6. The summed E-state index contributed by atoms with van der Waals surface area (Å²) in [7, 11) is 1.42. The van der Waals surface area contributed by atoms with Crippen molar-refractivity contribution >= 4 is 76.5 Å². The fourth-order valence-corrected chi connectivity index (χ4v) is 15.6. The average Bonchev–Trinajstić information content (AvgIpc) is 0.760. The van der Waals surface area contributed by atoms with Crippen molar-refractivity contribution in [2.24, 2.45) is 5.92 Å². The molecule has 8 heterocycles. The molecule has 37 nitrogen and oxygen atoms in total. The number of phenolic OH excluding ortho intramolecular Hbond substituents is 4. The smallest absolute Gasteiger partial charge is 0.335 e. The van der Waals surface area contributed by atoms with Crippen molar-refractivity contribution in [3.05, 3.63) is 164 Å². The first-order valence-electron chi connectivity index (χ1n) is 38.9.